The summed E-state index contributed by atoms with van der Waals surface area (Å²) in [5, 5.41) is 3.05. The molecule has 0 fully saturated rings. The highest BCUT2D eigenvalue weighted by Gasteiger charge is 2.10. The van der Waals surface area contributed by atoms with Crippen LogP contribution in [0.2, 0.25) is 5.15 Å². The first kappa shape index (κ1) is 15.6. The molecular weight excluding hydrogens is 358 g/mol. The second-order valence-corrected chi connectivity index (χ2v) is 5.35. The number of nitrogens with zero attached hydrogens (tertiary/aromatic N) is 1. The Balaban J connectivity index is 2.16. The number of carbonyl (C=O) groups is 1. The lowest BCUT2D eigenvalue weighted by molar-refractivity contribution is 0.102. The molecule has 0 aliphatic rings. The van der Waals surface area contributed by atoms with E-state index in [9.17, 15) is 4.79 Å². The van der Waals surface area contributed by atoms with Crippen LogP contribution in [0.4, 0.5) is 11.4 Å². The van der Waals surface area contributed by atoms with Crippen molar-refractivity contribution < 1.29 is 9.53 Å². The van der Waals surface area contributed by atoms with Crippen molar-refractivity contribution in [2.45, 2.75) is 6.92 Å². The van der Waals surface area contributed by atoms with Crippen LogP contribution in [-0.4, -0.2) is 17.5 Å². The second kappa shape index (κ2) is 6.78. The van der Waals surface area contributed by atoms with Crippen LogP contribution in [0.15, 0.2) is 34.9 Å². The Kier molecular flexibility index (Phi) is 5.03. The molecule has 0 aliphatic carbocycles. The Labute approximate surface area is 135 Å². The molecule has 1 amide bonds. The molecule has 1 aromatic carbocycles. The number of anilines is 2. The Morgan fingerprint density at radius 2 is 2.24 bits per heavy atom. The summed E-state index contributed by atoms with van der Waals surface area (Å²) in [6.45, 7) is 2.38. The number of nitrogens with one attached hydrogen (secondary N) is 1. The number of hydrogen-bond donors (Lipinski definition) is 2. The van der Waals surface area contributed by atoms with Crippen molar-refractivity contribution in [1.82, 2.24) is 4.98 Å². The fourth-order valence-electron chi connectivity index (χ4n) is 1.67. The van der Waals surface area contributed by atoms with Gasteiger partial charge in [-0.05, 0) is 47.1 Å². The second-order valence-electron chi connectivity index (χ2n) is 4.14. The molecule has 21 heavy (non-hydrogen) atoms. The van der Waals surface area contributed by atoms with E-state index in [-0.39, 0.29) is 5.91 Å². The van der Waals surface area contributed by atoms with Gasteiger partial charge in [0.2, 0.25) is 0 Å². The fraction of sp³-hybridized carbons (Fsp3) is 0.143. The standard InChI is InChI=1S/C14H13BrClN3O2/c1-2-21-12-4-3-8(5-11(12)17)14(20)19-9-6-10(15)13(16)18-7-9/h3-7H,2,17H2,1H3,(H,19,20). The van der Waals surface area contributed by atoms with Crippen LogP contribution in [0.25, 0.3) is 0 Å². The van der Waals surface area contributed by atoms with Crippen LogP contribution in [0.5, 0.6) is 5.75 Å². The van der Waals surface area contributed by atoms with Crippen LogP contribution in [0, 0.1) is 0 Å². The predicted molar refractivity (Wildman–Crippen MR) is 86.9 cm³/mol. The topological polar surface area (TPSA) is 77.2 Å². The average Bonchev–Trinajstić information content (AvgIpc) is 2.45. The number of carbonyl (C=O) groups excluding carboxylic acids is 1. The van der Waals surface area contributed by atoms with Crippen LogP contribution >= 0.6 is 27.5 Å². The van der Waals surface area contributed by atoms with Gasteiger partial charge in [-0.3, -0.25) is 4.79 Å². The molecule has 0 spiro atoms. The Hall–Kier alpha value is -1.79. The maximum Gasteiger partial charge on any atom is 0.255 e. The molecule has 0 saturated carbocycles. The van der Waals surface area contributed by atoms with E-state index >= 15 is 0 Å². The van der Waals surface area contributed by atoms with Crippen molar-refractivity contribution in [2.75, 3.05) is 17.7 Å². The first-order valence-corrected chi connectivity index (χ1v) is 7.33. The van der Waals surface area contributed by atoms with Crippen molar-refractivity contribution >= 4 is 44.8 Å². The highest BCUT2D eigenvalue weighted by molar-refractivity contribution is 9.10. The van der Waals surface area contributed by atoms with Gasteiger partial charge in [-0.1, -0.05) is 11.6 Å². The molecule has 110 valence electrons. The van der Waals surface area contributed by atoms with E-state index in [0.717, 1.165) is 0 Å². The normalized spacial score (nSPS) is 10.2. The number of pyridine rings is 1. The van der Waals surface area contributed by atoms with Gasteiger partial charge in [0.05, 0.1) is 28.7 Å². The van der Waals surface area contributed by atoms with E-state index in [4.69, 9.17) is 22.1 Å². The molecule has 0 aliphatic heterocycles. The van der Waals surface area contributed by atoms with Crippen molar-refractivity contribution in [2.24, 2.45) is 0 Å². The molecule has 0 saturated heterocycles. The van der Waals surface area contributed by atoms with E-state index in [1.807, 2.05) is 6.92 Å². The van der Waals surface area contributed by atoms with Crippen molar-refractivity contribution in [3.8, 4) is 5.75 Å². The number of aromatic nitrogens is 1. The zero-order valence-electron chi connectivity index (χ0n) is 11.2. The molecule has 2 aromatic rings. The average molecular weight is 371 g/mol. The molecule has 0 radical (unpaired) electrons. The summed E-state index contributed by atoms with van der Waals surface area (Å²) in [5.41, 5.74) is 7.22. The zero-order chi connectivity index (χ0) is 15.4. The molecule has 1 heterocycles. The quantitative estimate of drug-likeness (QED) is 0.635. The van der Waals surface area contributed by atoms with Gasteiger partial charge in [-0.25, -0.2) is 4.98 Å². The Morgan fingerprint density at radius 1 is 1.48 bits per heavy atom. The minimum atomic E-state index is -0.291. The first-order chi connectivity index (χ1) is 10.0. The molecule has 1 aromatic heterocycles. The van der Waals surface area contributed by atoms with Gasteiger partial charge in [0, 0.05) is 5.56 Å². The largest absolute Gasteiger partial charge is 0.492 e. The van der Waals surface area contributed by atoms with Crippen LogP contribution in [-0.2, 0) is 0 Å². The number of rotatable bonds is 4. The number of amides is 1. The van der Waals surface area contributed by atoms with Gasteiger partial charge >= 0.3 is 0 Å². The third-order valence-corrected chi connectivity index (χ3v) is 3.76. The molecule has 7 heteroatoms. The van der Waals surface area contributed by atoms with Gasteiger partial charge < -0.3 is 15.8 Å². The molecule has 5 nitrogen and oxygen atoms in total. The smallest absolute Gasteiger partial charge is 0.255 e. The molecule has 0 unspecified atom stereocenters. The number of nitrogens with two attached hydrogens (primary N) is 1. The van der Waals surface area contributed by atoms with Crippen molar-refractivity contribution in [3.63, 3.8) is 0 Å². The van der Waals surface area contributed by atoms with Gasteiger partial charge in [-0.15, -0.1) is 0 Å². The van der Waals surface area contributed by atoms with E-state index in [1.54, 1.807) is 24.3 Å². The summed E-state index contributed by atoms with van der Waals surface area (Å²) in [7, 11) is 0. The minimum absolute atomic E-state index is 0.291. The highest BCUT2D eigenvalue weighted by Crippen LogP contribution is 2.25. The van der Waals surface area contributed by atoms with E-state index in [1.165, 1.54) is 6.20 Å². The summed E-state index contributed by atoms with van der Waals surface area (Å²) in [4.78, 5) is 16.1. The lowest BCUT2D eigenvalue weighted by Crippen LogP contribution is -2.12. The van der Waals surface area contributed by atoms with E-state index in [2.05, 4.69) is 26.2 Å². The minimum Gasteiger partial charge on any atom is -0.492 e. The van der Waals surface area contributed by atoms with Gasteiger partial charge in [-0.2, -0.15) is 0 Å². The summed E-state index contributed by atoms with van der Waals surface area (Å²) in [6.07, 6.45) is 1.48. The third kappa shape index (κ3) is 3.86. The lowest BCUT2D eigenvalue weighted by Gasteiger charge is -2.09. The lowest BCUT2D eigenvalue weighted by atomic mass is 10.1. The Bertz CT molecular complexity index is 679. The van der Waals surface area contributed by atoms with E-state index in [0.29, 0.717) is 38.9 Å². The summed E-state index contributed by atoms with van der Waals surface area (Å²) in [5.74, 6) is 0.269. The molecule has 2 rings (SSSR count). The highest BCUT2D eigenvalue weighted by atomic mass is 79.9. The summed E-state index contributed by atoms with van der Waals surface area (Å²) >= 11 is 9.05. The van der Waals surface area contributed by atoms with Crippen LogP contribution in [0.3, 0.4) is 0 Å². The SMILES string of the molecule is CCOc1ccc(C(=O)Nc2cnc(Cl)c(Br)c2)cc1N. The molecule has 0 bridgehead atoms. The summed E-state index contributed by atoms with van der Waals surface area (Å²) in [6, 6.07) is 6.56. The number of ether oxygens (including phenoxy) is 1. The number of benzene rings is 1. The van der Waals surface area contributed by atoms with E-state index < -0.39 is 0 Å². The third-order valence-electron chi connectivity index (χ3n) is 2.63. The monoisotopic (exact) mass is 369 g/mol. The van der Waals surface area contributed by atoms with Gasteiger partial charge in [0.25, 0.3) is 5.91 Å². The van der Waals surface area contributed by atoms with Crippen LogP contribution < -0.4 is 15.8 Å². The molecule has 3 N–H and O–H groups in total. The van der Waals surface area contributed by atoms with Gasteiger partial charge in [0.1, 0.15) is 10.9 Å². The fourth-order valence-corrected chi connectivity index (χ4v) is 2.12. The Morgan fingerprint density at radius 3 is 2.86 bits per heavy atom. The first-order valence-electron chi connectivity index (χ1n) is 6.16. The molecular formula is C14H13BrClN3O2. The predicted octanol–water partition coefficient (Wildman–Crippen LogP) is 3.73. The zero-order valence-corrected chi connectivity index (χ0v) is 13.5. The number of hydrogen-bond acceptors (Lipinski definition) is 4. The maximum atomic E-state index is 12.1. The molecule has 0 atom stereocenters. The summed E-state index contributed by atoms with van der Waals surface area (Å²) < 4.78 is 5.94. The van der Waals surface area contributed by atoms with Crippen LogP contribution in [0.1, 0.15) is 17.3 Å². The number of nitrogen functional groups attached to an aromatic ring is 1. The van der Waals surface area contributed by atoms with Crippen molar-refractivity contribution in [3.05, 3.63) is 45.7 Å². The van der Waals surface area contributed by atoms with Crippen molar-refractivity contribution in [1.29, 1.82) is 0 Å². The number of halogens is 2. The maximum absolute atomic E-state index is 12.1. The van der Waals surface area contributed by atoms with Gasteiger partial charge in [0.15, 0.2) is 0 Å².